The van der Waals surface area contributed by atoms with E-state index in [9.17, 15) is 17.6 Å². The van der Waals surface area contributed by atoms with E-state index in [-0.39, 0.29) is 5.69 Å². The second kappa shape index (κ2) is 5.40. The lowest BCUT2D eigenvalue weighted by Gasteiger charge is -2.07. The maximum Gasteiger partial charge on any atom is 0.297 e. The van der Waals surface area contributed by atoms with Gasteiger partial charge in [0.15, 0.2) is 0 Å². The number of anilines is 1. The minimum absolute atomic E-state index is 0.0629. The predicted octanol–water partition coefficient (Wildman–Crippen LogP) is 2.32. The molecule has 0 aliphatic heterocycles. The summed E-state index contributed by atoms with van der Waals surface area (Å²) in [5.41, 5.74) is 0.429. The molecule has 1 amide bonds. The van der Waals surface area contributed by atoms with Crippen LogP contribution in [0.2, 0.25) is 0 Å². The van der Waals surface area contributed by atoms with Crippen molar-refractivity contribution in [3.8, 4) is 0 Å². The summed E-state index contributed by atoms with van der Waals surface area (Å²) in [6.45, 7) is 0. The summed E-state index contributed by atoms with van der Waals surface area (Å²) >= 11 is 0. The van der Waals surface area contributed by atoms with Gasteiger partial charge in [-0.05, 0) is 30.3 Å². The maximum absolute atomic E-state index is 13.3. The van der Waals surface area contributed by atoms with Gasteiger partial charge in [0.05, 0.1) is 0 Å². The molecule has 20 heavy (non-hydrogen) atoms. The molecule has 5 nitrogen and oxygen atoms in total. The minimum Gasteiger partial charge on any atom is -0.322 e. The Morgan fingerprint density at radius 2 is 1.75 bits per heavy atom. The first kappa shape index (κ1) is 14.2. The quantitative estimate of drug-likeness (QED) is 0.851. The van der Waals surface area contributed by atoms with Crippen LogP contribution < -0.4 is 5.32 Å². The second-order valence-electron chi connectivity index (χ2n) is 3.94. The van der Waals surface area contributed by atoms with Gasteiger partial charge in [0.25, 0.3) is 16.0 Å². The molecule has 0 saturated heterocycles. The molecular weight excluding hydrogens is 285 g/mol. The van der Waals surface area contributed by atoms with Crippen LogP contribution in [0, 0.1) is 5.82 Å². The molecule has 2 aromatic rings. The van der Waals surface area contributed by atoms with Crippen LogP contribution in [0.25, 0.3) is 0 Å². The van der Waals surface area contributed by atoms with E-state index in [2.05, 4.69) is 5.32 Å². The van der Waals surface area contributed by atoms with Crippen molar-refractivity contribution in [3.63, 3.8) is 0 Å². The number of nitrogens with one attached hydrogen (secondary N) is 1. The van der Waals surface area contributed by atoms with Crippen molar-refractivity contribution in [2.24, 2.45) is 0 Å². The molecule has 0 bridgehead atoms. The first-order chi connectivity index (χ1) is 9.38. The van der Waals surface area contributed by atoms with Crippen molar-refractivity contribution in [1.82, 2.24) is 0 Å². The van der Waals surface area contributed by atoms with Crippen molar-refractivity contribution in [3.05, 3.63) is 59.9 Å². The first-order valence-corrected chi connectivity index (χ1v) is 6.95. The van der Waals surface area contributed by atoms with Gasteiger partial charge in [-0.15, -0.1) is 0 Å². The SMILES string of the molecule is O=C(Nc1ccc(F)c(S(=O)(=O)O)c1)c1ccccc1. The van der Waals surface area contributed by atoms with Crippen LogP contribution in [0.1, 0.15) is 10.4 Å². The van der Waals surface area contributed by atoms with E-state index in [1.54, 1.807) is 30.3 Å². The monoisotopic (exact) mass is 295 g/mol. The Bertz CT molecular complexity index is 744. The smallest absolute Gasteiger partial charge is 0.297 e. The Kier molecular flexibility index (Phi) is 3.82. The van der Waals surface area contributed by atoms with E-state index in [1.807, 2.05) is 0 Å². The first-order valence-electron chi connectivity index (χ1n) is 5.51. The van der Waals surface area contributed by atoms with E-state index < -0.39 is 26.7 Å². The fraction of sp³-hybridized carbons (Fsp3) is 0. The van der Waals surface area contributed by atoms with Crippen LogP contribution >= 0.6 is 0 Å². The number of hydrogen-bond acceptors (Lipinski definition) is 3. The van der Waals surface area contributed by atoms with Gasteiger partial charge < -0.3 is 5.32 Å². The molecule has 0 saturated carbocycles. The molecule has 0 fully saturated rings. The van der Waals surface area contributed by atoms with Crippen LogP contribution in [-0.2, 0) is 10.1 Å². The number of carbonyl (C=O) groups is 1. The zero-order valence-corrected chi connectivity index (χ0v) is 10.9. The molecule has 7 heteroatoms. The molecule has 0 heterocycles. The summed E-state index contributed by atoms with van der Waals surface area (Å²) in [7, 11) is -4.68. The van der Waals surface area contributed by atoms with Crippen LogP contribution in [0.4, 0.5) is 10.1 Å². The average Bonchev–Trinajstić information content (AvgIpc) is 2.40. The molecule has 0 atom stereocenters. The molecule has 0 aliphatic carbocycles. The van der Waals surface area contributed by atoms with Gasteiger partial charge in [-0.2, -0.15) is 8.42 Å². The van der Waals surface area contributed by atoms with Gasteiger partial charge in [-0.25, -0.2) is 4.39 Å². The number of benzene rings is 2. The van der Waals surface area contributed by atoms with Crippen LogP contribution in [0.15, 0.2) is 53.4 Å². The average molecular weight is 295 g/mol. The Morgan fingerprint density at radius 1 is 1.10 bits per heavy atom. The highest BCUT2D eigenvalue weighted by Gasteiger charge is 2.17. The van der Waals surface area contributed by atoms with Crippen LogP contribution in [-0.4, -0.2) is 18.9 Å². The Labute approximate surface area is 114 Å². The summed E-state index contributed by atoms with van der Waals surface area (Å²) in [5.74, 6) is -1.57. The summed E-state index contributed by atoms with van der Waals surface area (Å²) in [6, 6.07) is 11.1. The molecule has 2 N–H and O–H groups in total. The lowest BCUT2D eigenvalue weighted by Crippen LogP contribution is -2.12. The third kappa shape index (κ3) is 3.19. The molecular formula is C13H10FNO4S. The maximum atomic E-state index is 13.3. The summed E-state index contributed by atoms with van der Waals surface area (Å²) < 4.78 is 44.1. The lowest BCUT2D eigenvalue weighted by atomic mass is 10.2. The number of rotatable bonds is 3. The molecule has 2 rings (SSSR count). The fourth-order valence-electron chi connectivity index (χ4n) is 1.57. The molecule has 104 valence electrons. The third-order valence-corrected chi connectivity index (χ3v) is 3.37. The normalized spacial score (nSPS) is 11.1. The molecule has 0 radical (unpaired) electrons. The Hall–Kier alpha value is -2.25. The number of hydrogen-bond donors (Lipinski definition) is 2. The highest BCUT2D eigenvalue weighted by molar-refractivity contribution is 7.85. The van der Waals surface area contributed by atoms with Gasteiger partial charge in [0.1, 0.15) is 10.7 Å². The zero-order valence-electron chi connectivity index (χ0n) is 10.1. The standard InChI is InChI=1S/C13H10FNO4S/c14-11-7-6-10(8-12(11)20(17,18)19)15-13(16)9-4-2-1-3-5-9/h1-8H,(H,15,16)(H,17,18,19). The van der Waals surface area contributed by atoms with E-state index in [4.69, 9.17) is 4.55 Å². The van der Waals surface area contributed by atoms with Crippen molar-refractivity contribution in [2.45, 2.75) is 4.90 Å². The van der Waals surface area contributed by atoms with E-state index in [1.165, 1.54) is 6.07 Å². The van der Waals surface area contributed by atoms with Crippen LogP contribution in [0.3, 0.4) is 0 Å². The Morgan fingerprint density at radius 3 is 2.35 bits per heavy atom. The minimum atomic E-state index is -4.68. The lowest BCUT2D eigenvalue weighted by molar-refractivity contribution is 0.102. The van der Waals surface area contributed by atoms with Gasteiger partial charge in [0.2, 0.25) is 0 Å². The molecule has 0 spiro atoms. The zero-order chi connectivity index (χ0) is 14.8. The van der Waals surface area contributed by atoms with Crippen molar-refractivity contribution in [2.75, 3.05) is 5.32 Å². The van der Waals surface area contributed by atoms with Crippen LogP contribution in [0.5, 0.6) is 0 Å². The number of carbonyl (C=O) groups excluding carboxylic acids is 1. The van der Waals surface area contributed by atoms with E-state index >= 15 is 0 Å². The van der Waals surface area contributed by atoms with Gasteiger partial charge in [-0.3, -0.25) is 9.35 Å². The van der Waals surface area contributed by atoms with Gasteiger partial charge >= 0.3 is 0 Å². The van der Waals surface area contributed by atoms with Gasteiger partial charge in [-0.1, -0.05) is 18.2 Å². The highest BCUT2D eigenvalue weighted by Crippen LogP contribution is 2.19. The second-order valence-corrected chi connectivity index (χ2v) is 5.33. The van der Waals surface area contributed by atoms with Crippen molar-refractivity contribution >= 4 is 21.7 Å². The predicted molar refractivity (Wildman–Crippen MR) is 70.6 cm³/mol. The Balaban J connectivity index is 2.30. The van der Waals surface area contributed by atoms with E-state index in [0.29, 0.717) is 5.56 Å². The fourth-order valence-corrected chi connectivity index (χ4v) is 2.16. The molecule has 0 aliphatic rings. The molecule has 0 unspecified atom stereocenters. The largest absolute Gasteiger partial charge is 0.322 e. The summed E-state index contributed by atoms with van der Waals surface area (Å²) in [4.78, 5) is 11.0. The van der Waals surface area contributed by atoms with Crippen molar-refractivity contribution < 1.29 is 22.2 Å². The third-order valence-electron chi connectivity index (χ3n) is 2.50. The van der Waals surface area contributed by atoms with Crippen molar-refractivity contribution in [1.29, 1.82) is 0 Å². The molecule has 0 aromatic heterocycles. The molecule has 2 aromatic carbocycles. The summed E-state index contributed by atoms with van der Waals surface area (Å²) in [6.07, 6.45) is 0. The number of amides is 1. The highest BCUT2D eigenvalue weighted by atomic mass is 32.2. The van der Waals surface area contributed by atoms with E-state index in [0.717, 1.165) is 12.1 Å². The topological polar surface area (TPSA) is 83.5 Å². The number of halogens is 1. The summed E-state index contributed by atoms with van der Waals surface area (Å²) in [5, 5.41) is 2.42. The van der Waals surface area contributed by atoms with Gasteiger partial charge in [0, 0.05) is 11.3 Å².